The van der Waals surface area contributed by atoms with Gasteiger partial charge in [-0.1, -0.05) is 70.2 Å². The third-order valence-electron chi connectivity index (χ3n) is 2.27. The fourth-order valence-corrected chi connectivity index (χ4v) is 1.38. The molecule has 116 valence electrons. The fraction of sp³-hybridized carbons (Fsp3) is 0.316. The zero-order valence-electron chi connectivity index (χ0n) is 14.2. The van der Waals surface area contributed by atoms with Gasteiger partial charge < -0.3 is 5.11 Å². The molecule has 0 amide bonds. The van der Waals surface area contributed by atoms with Gasteiger partial charge >= 0.3 is 0 Å². The summed E-state index contributed by atoms with van der Waals surface area (Å²) in [6.07, 6.45) is 8.33. The van der Waals surface area contributed by atoms with Crippen molar-refractivity contribution < 1.29 is 9.67 Å². The van der Waals surface area contributed by atoms with Crippen LogP contribution >= 0.6 is 0 Å². The van der Waals surface area contributed by atoms with Crippen LogP contribution < -0.4 is 9.67 Å². The van der Waals surface area contributed by atoms with Crippen molar-refractivity contribution in [2.45, 2.75) is 27.7 Å². The second-order valence-corrected chi connectivity index (χ2v) is 3.54. The Morgan fingerprint density at radius 2 is 1.10 bits per heavy atom. The van der Waals surface area contributed by atoms with Crippen LogP contribution in [0.25, 0.3) is 12.2 Å². The first-order valence-electron chi connectivity index (χ1n) is 7.44. The molecule has 1 aromatic carbocycles. The fourth-order valence-electron chi connectivity index (χ4n) is 1.38. The Morgan fingerprint density at radius 1 is 0.714 bits per heavy atom. The van der Waals surface area contributed by atoms with Gasteiger partial charge in [-0.2, -0.15) is 7.11 Å². The van der Waals surface area contributed by atoms with Gasteiger partial charge in [0.15, 0.2) is 12.4 Å². The lowest BCUT2D eigenvalue weighted by atomic mass is 10.1. The third-order valence-corrected chi connectivity index (χ3v) is 2.27. The van der Waals surface area contributed by atoms with Crippen LogP contribution in [0.3, 0.4) is 0 Å². The lowest BCUT2D eigenvalue weighted by Crippen LogP contribution is -2.25. The van der Waals surface area contributed by atoms with Crippen molar-refractivity contribution in [1.29, 1.82) is 0 Å². The smallest absolute Gasteiger partial charge is 0.169 e. The molecule has 0 fully saturated rings. The van der Waals surface area contributed by atoms with E-state index in [1.165, 1.54) is 11.1 Å². The monoisotopic (exact) mass is 287 g/mol. The van der Waals surface area contributed by atoms with E-state index in [9.17, 15) is 0 Å². The first-order chi connectivity index (χ1) is 10.3. The predicted octanol–water partition coefficient (Wildman–Crippen LogP) is 3.71. The van der Waals surface area contributed by atoms with Crippen LogP contribution in [0.2, 0.25) is 0 Å². The predicted molar refractivity (Wildman–Crippen MR) is 91.6 cm³/mol. The SMILES string of the molecule is CC.CC.C[O-].C[n+]1ccc(/C=C/c2ccccc2)cc1. The van der Waals surface area contributed by atoms with Crippen molar-refractivity contribution in [3.05, 3.63) is 66.0 Å². The number of rotatable bonds is 2. The third kappa shape index (κ3) is 10.5. The highest BCUT2D eigenvalue weighted by Crippen LogP contribution is 2.05. The molecule has 21 heavy (non-hydrogen) atoms. The van der Waals surface area contributed by atoms with Crippen LogP contribution in [-0.4, -0.2) is 7.11 Å². The molecule has 2 heteroatoms. The number of nitrogens with zero attached hydrogens (tertiary/aromatic N) is 1. The van der Waals surface area contributed by atoms with Gasteiger partial charge in [-0.25, -0.2) is 4.57 Å². The molecule has 0 aliphatic carbocycles. The molecule has 0 unspecified atom stereocenters. The minimum atomic E-state index is 0.750. The maximum absolute atomic E-state index is 8.25. The molecule has 1 heterocycles. The zero-order chi connectivity index (χ0) is 16.5. The molecule has 0 aliphatic heterocycles. The standard InChI is InChI=1S/C14H14N.2C2H6.CH3O/c1-15-11-9-14(10-12-15)8-7-13-5-3-2-4-6-13;3*1-2/h2-12H,1H3;2*1-2H3;1H3/q+1;;;-1/b8-7+;;;. The number of hydrogen-bond acceptors (Lipinski definition) is 1. The van der Waals surface area contributed by atoms with E-state index < -0.39 is 0 Å². The van der Waals surface area contributed by atoms with E-state index in [1.807, 2.05) is 69.9 Å². The lowest BCUT2D eigenvalue weighted by Gasteiger charge is -1.92. The maximum atomic E-state index is 8.25. The molecule has 0 atom stereocenters. The Bertz CT molecular complexity index is 447. The highest BCUT2D eigenvalue weighted by Gasteiger charge is 1.90. The van der Waals surface area contributed by atoms with Crippen LogP contribution in [0.1, 0.15) is 38.8 Å². The van der Waals surface area contributed by atoms with Crippen LogP contribution in [0.4, 0.5) is 0 Å². The number of aromatic nitrogens is 1. The number of aryl methyl sites for hydroxylation is 1. The lowest BCUT2D eigenvalue weighted by molar-refractivity contribution is -0.671. The molecule has 1 aromatic heterocycles. The average Bonchev–Trinajstić information content (AvgIpc) is 2.61. The highest BCUT2D eigenvalue weighted by molar-refractivity contribution is 5.68. The van der Waals surface area contributed by atoms with Gasteiger partial charge in [-0.3, -0.25) is 0 Å². The number of pyridine rings is 1. The molecular weight excluding hydrogens is 258 g/mol. The van der Waals surface area contributed by atoms with E-state index in [1.54, 1.807) is 0 Å². The van der Waals surface area contributed by atoms with Crippen LogP contribution in [0.15, 0.2) is 54.9 Å². The molecule has 0 spiro atoms. The molecule has 2 nitrogen and oxygen atoms in total. The second-order valence-electron chi connectivity index (χ2n) is 3.54. The summed E-state index contributed by atoms with van der Waals surface area (Å²) < 4.78 is 2.03. The van der Waals surface area contributed by atoms with E-state index in [2.05, 4.69) is 36.4 Å². The molecule has 2 aromatic rings. The largest absolute Gasteiger partial charge is 0.857 e. The zero-order valence-corrected chi connectivity index (χ0v) is 14.2. The molecule has 0 bridgehead atoms. The maximum Gasteiger partial charge on any atom is 0.169 e. The molecule has 2 rings (SSSR count). The van der Waals surface area contributed by atoms with E-state index >= 15 is 0 Å². The average molecular weight is 287 g/mol. The van der Waals surface area contributed by atoms with E-state index in [0.717, 1.165) is 7.11 Å². The van der Waals surface area contributed by atoms with Crippen molar-refractivity contribution in [2.75, 3.05) is 7.11 Å². The molecule has 0 saturated heterocycles. The Morgan fingerprint density at radius 3 is 1.52 bits per heavy atom. The summed E-state index contributed by atoms with van der Waals surface area (Å²) in [6, 6.07) is 14.5. The Balaban J connectivity index is 0. The van der Waals surface area contributed by atoms with E-state index in [0.29, 0.717) is 0 Å². The summed E-state index contributed by atoms with van der Waals surface area (Å²) in [6.45, 7) is 8.00. The molecular formula is C19H29NO. The van der Waals surface area contributed by atoms with Crippen molar-refractivity contribution >= 4 is 12.2 Å². The van der Waals surface area contributed by atoms with Gasteiger partial charge in [-0.15, -0.1) is 0 Å². The van der Waals surface area contributed by atoms with Crippen molar-refractivity contribution in [3.8, 4) is 0 Å². The Hall–Kier alpha value is -1.93. The number of benzene rings is 1. The quantitative estimate of drug-likeness (QED) is 0.774. The van der Waals surface area contributed by atoms with Crippen molar-refractivity contribution in [3.63, 3.8) is 0 Å². The highest BCUT2D eigenvalue weighted by atomic mass is 16.2. The Kier molecular flexibility index (Phi) is 16.4. The second kappa shape index (κ2) is 16.1. The van der Waals surface area contributed by atoms with E-state index in [4.69, 9.17) is 5.11 Å². The molecule has 0 radical (unpaired) electrons. The van der Waals surface area contributed by atoms with Gasteiger partial charge in [0.1, 0.15) is 7.05 Å². The summed E-state index contributed by atoms with van der Waals surface area (Å²) in [5.41, 5.74) is 2.45. The Labute approximate surface area is 130 Å². The summed E-state index contributed by atoms with van der Waals surface area (Å²) in [5, 5.41) is 8.25. The minimum Gasteiger partial charge on any atom is -0.857 e. The van der Waals surface area contributed by atoms with Gasteiger partial charge in [0, 0.05) is 12.1 Å². The van der Waals surface area contributed by atoms with Crippen LogP contribution in [0.5, 0.6) is 0 Å². The minimum absolute atomic E-state index is 0.750. The van der Waals surface area contributed by atoms with Gasteiger partial charge in [0.05, 0.1) is 0 Å². The normalized spacial score (nSPS) is 8.52. The van der Waals surface area contributed by atoms with Gasteiger partial charge in [0.25, 0.3) is 0 Å². The van der Waals surface area contributed by atoms with E-state index in [-0.39, 0.29) is 0 Å². The van der Waals surface area contributed by atoms with Crippen LogP contribution in [-0.2, 0) is 7.05 Å². The first kappa shape index (κ1) is 21.4. The van der Waals surface area contributed by atoms with Gasteiger partial charge in [0.2, 0.25) is 0 Å². The summed E-state index contributed by atoms with van der Waals surface area (Å²) in [4.78, 5) is 0. The summed E-state index contributed by atoms with van der Waals surface area (Å²) in [5.74, 6) is 0. The number of hydrogen-bond donors (Lipinski definition) is 0. The van der Waals surface area contributed by atoms with Crippen molar-refractivity contribution in [2.24, 2.45) is 7.05 Å². The van der Waals surface area contributed by atoms with Crippen LogP contribution in [0, 0.1) is 0 Å². The summed E-state index contributed by atoms with van der Waals surface area (Å²) in [7, 11) is 2.77. The first-order valence-corrected chi connectivity index (χ1v) is 7.44. The topological polar surface area (TPSA) is 26.9 Å². The molecule has 0 saturated carbocycles. The summed E-state index contributed by atoms with van der Waals surface area (Å²) >= 11 is 0. The molecule has 0 N–H and O–H groups in total. The van der Waals surface area contributed by atoms with Gasteiger partial charge in [-0.05, 0) is 11.1 Å². The molecule has 0 aliphatic rings. The van der Waals surface area contributed by atoms with Crippen molar-refractivity contribution in [1.82, 2.24) is 0 Å².